The summed E-state index contributed by atoms with van der Waals surface area (Å²) in [6.45, 7) is 0.821. The summed E-state index contributed by atoms with van der Waals surface area (Å²) in [6.07, 6.45) is 7.11. The lowest BCUT2D eigenvalue weighted by Gasteiger charge is -2.44. The van der Waals surface area contributed by atoms with Gasteiger partial charge in [0.25, 0.3) is 11.8 Å². The van der Waals surface area contributed by atoms with Crippen molar-refractivity contribution in [3.05, 3.63) is 65.2 Å². The summed E-state index contributed by atoms with van der Waals surface area (Å²) in [6, 6.07) is 16.1. The molecule has 2 aliphatic rings. The Morgan fingerprint density at radius 3 is 2.52 bits per heavy atom. The van der Waals surface area contributed by atoms with Gasteiger partial charge in [-0.25, -0.2) is 0 Å². The molecule has 2 aromatic carbocycles. The summed E-state index contributed by atoms with van der Waals surface area (Å²) in [5.41, 5.74) is 2.20. The smallest absolute Gasteiger partial charge is 0.255 e. The molecule has 2 fully saturated rings. The fraction of sp³-hybridized carbons (Fsp3) is 0.375. The van der Waals surface area contributed by atoms with E-state index in [2.05, 4.69) is 10.2 Å². The molecule has 5 heteroatoms. The van der Waals surface area contributed by atoms with Gasteiger partial charge in [-0.1, -0.05) is 18.9 Å². The summed E-state index contributed by atoms with van der Waals surface area (Å²) in [4.78, 5) is 27.8. The molecule has 0 unspecified atom stereocenters. The number of carbonyl (C=O) groups excluding carboxylic acids is 2. The lowest BCUT2D eigenvalue weighted by Crippen LogP contribution is -2.49. The van der Waals surface area contributed by atoms with Crippen LogP contribution in [0.15, 0.2) is 48.5 Å². The molecule has 0 spiro atoms. The Morgan fingerprint density at radius 2 is 1.72 bits per heavy atom. The zero-order valence-electron chi connectivity index (χ0n) is 16.4. The summed E-state index contributed by atoms with van der Waals surface area (Å²) < 4.78 is 0. The molecule has 1 N–H and O–H groups in total. The number of nitriles is 1. The number of amides is 2. The van der Waals surface area contributed by atoms with Crippen LogP contribution in [-0.4, -0.2) is 29.3 Å². The van der Waals surface area contributed by atoms with Gasteiger partial charge in [0.1, 0.15) is 0 Å². The zero-order valence-corrected chi connectivity index (χ0v) is 16.4. The highest BCUT2D eigenvalue weighted by Gasteiger charge is 2.35. The average molecular weight is 387 g/mol. The van der Waals surface area contributed by atoms with E-state index in [-0.39, 0.29) is 11.8 Å². The monoisotopic (exact) mass is 387 g/mol. The fourth-order valence-corrected chi connectivity index (χ4v) is 4.67. The molecule has 1 aliphatic heterocycles. The third kappa shape index (κ3) is 4.17. The van der Waals surface area contributed by atoms with Crippen molar-refractivity contribution in [3.63, 3.8) is 0 Å². The third-order valence-corrected chi connectivity index (χ3v) is 6.15. The van der Waals surface area contributed by atoms with Gasteiger partial charge >= 0.3 is 0 Å². The van der Waals surface area contributed by atoms with E-state index in [0.29, 0.717) is 34.3 Å². The molecule has 0 aromatic heterocycles. The van der Waals surface area contributed by atoms with Gasteiger partial charge in [0.05, 0.1) is 11.6 Å². The number of rotatable bonds is 3. The number of benzene rings is 2. The van der Waals surface area contributed by atoms with Gasteiger partial charge in [-0.15, -0.1) is 0 Å². The molecule has 4 rings (SSSR count). The van der Waals surface area contributed by atoms with Gasteiger partial charge in [-0.2, -0.15) is 5.26 Å². The third-order valence-electron chi connectivity index (χ3n) is 6.15. The molecule has 1 heterocycles. The first kappa shape index (κ1) is 19.2. The van der Waals surface area contributed by atoms with Crippen molar-refractivity contribution >= 4 is 17.5 Å². The molecular weight excluding hydrogens is 362 g/mol. The molecule has 1 aliphatic carbocycles. The van der Waals surface area contributed by atoms with Crippen LogP contribution in [0.1, 0.15) is 64.8 Å². The first-order chi connectivity index (χ1) is 14.2. The first-order valence-electron chi connectivity index (χ1n) is 10.4. The predicted molar refractivity (Wildman–Crippen MR) is 112 cm³/mol. The maximum atomic E-state index is 13.2. The molecule has 1 saturated heterocycles. The topological polar surface area (TPSA) is 73.2 Å². The molecule has 0 radical (unpaired) electrons. The van der Waals surface area contributed by atoms with Crippen LogP contribution in [0, 0.1) is 17.2 Å². The molecular formula is C24H25N3O2. The van der Waals surface area contributed by atoms with Crippen LogP contribution in [0.2, 0.25) is 0 Å². The maximum Gasteiger partial charge on any atom is 0.255 e. The SMILES string of the molecule is N#Cc1ccc(C(=O)Nc2cccc(C(=O)N3CCC[C@@H]4CCCC[C@@H]43)c2)cc1. The Labute approximate surface area is 171 Å². The quantitative estimate of drug-likeness (QED) is 0.836. The van der Waals surface area contributed by atoms with Gasteiger partial charge in [0.2, 0.25) is 0 Å². The summed E-state index contributed by atoms with van der Waals surface area (Å²) in [5, 5.41) is 11.7. The van der Waals surface area contributed by atoms with Crippen molar-refractivity contribution in [2.24, 2.45) is 5.92 Å². The van der Waals surface area contributed by atoms with Crippen LogP contribution in [-0.2, 0) is 0 Å². The molecule has 2 atom stereocenters. The minimum Gasteiger partial charge on any atom is -0.335 e. The highest BCUT2D eigenvalue weighted by molar-refractivity contribution is 6.05. The number of hydrogen-bond donors (Lipinski definition) is 1. The normalized spacial score (nSPS) is 21.0. The zero-order chi connectivity index (χ0) is 20.2. The minimum atomic E-state index is -0.260. The molecule has 0 bridgehead atoms. The number of nitrogens with one attached hydrogen (secondary N) is 1. The maximum absolute atomic E-state index is 13.2. The number of carbonyl (C=O) groups is 2. The van der Waals surface area contributed by atoms with Crippen molar-refractivity contribution in [3.8, 4) is 6.07 Å². The summed E-state index contributed by atoms with van der Waals surface area (Å²) >= 11 is 0. The first-order valence-corrected chi connectivity index (χ1v) is 10.4. The second-order valence-electron chi connectivity index (χ2n) is 7.98. The Bertz CT molecular complexity index is 943. The van der Waals surface area contributed by atoms with E-state index in [1.807, 2.05) is 18.2 Å². The van der Waals surface area contributed by atoms with E-state index in [1.54, 1.807) is 36.4 Å². The Morgan fingerprint density at radius 1 is 0.966 bits per heavy atom. The second-order valence-corrected chi connectivity index (χ2v) is 7.98. The van der Waals surface area contributed by atoms with Crippen LogP contribution in [0.5, 0.6) is 0 Å². The highest BCUT2D eigenvalue weighted by Crippen LogP contribution is 2.36. The van der Waals surface area contributed by atoms with Crippen molar-refractivity contribution in [2.75, 3.05) is 11.9 Å². The largest absolute Gasteiger partial charge is 0.335 e. The standard InChI is InChI=1S/C24H25N3O2/c25-16-17-10-12-19(13-11-17)23(28)26-21-8-3-6-20(15-21)24(29)27-14-4-7-18-5-1-2-9-22(18)27/h3,6,8,10-13,15,18,22H,1-2,4-5,7,9,14H2,(H,26,28)/t18-,22-/m0/s1. The molecule has 1 saturated carbocycles. The van der Waals surface area contributed by atoms with Gasteiger partial charge in [0, 0.05) is 29.4 Å². The summed E-state index contributed by atoms with van der Waals surface area (Å²) in [5.74, 6) is 0.446. The van der Waals surface area contributed by atoms with E-state index < -0.39 is 0 Å². The fourth-order valence-electron chi connectivity index (χ4n) is 4.67. The van der Waals surface area contributed by atoms with E-state index in [4.69, 9.17) is 5.26 Å². The van der Waals surface area contributed by atoms with Crippen molar-refractivity contribution in [1.29, 1.82) is 5.26 Å². The average Bonchev–Trinajstić information content (AvgIpc) is 2.78. The van der Waals surface area contributed by atoms with Crippen LogP contribution >= 0.6 is 0 Å². The molecule has 148 valence electrons. The molecule has 5 nitrogen and oxygen atoms in total. The van der Waals surface area contributed by atoms with Gasteiger partial charge in [-0.05, 0) is 74.1 Å². The second kappa shape index (κ2) is 8.48. The number of hydrogen-bond acceptors (Lipinski definition) is 3. The van der Waals surface area contributed by atoms with Crippen LogP contribution in [0.25, 0.3) is 0 Å². The molecule has 29 heavy (non-hydrogen) atoms. The van der Waals surface area contributed by atoms with Crippen LogP contribution in [0.3, 0.4) is 0 Å². The lowest BCUT2D eigenvalue weighted by molar-refractivity contribution is 0.0390. The number of piperidine rings is 1. The van der Waals surface area contributed by atoms with Crippen molar-refractivity contribution in [2.45, 2.75) is 44.6 Å². The van der Waals surface area contributed by atoms with E-state index in [9.17, 15) is 9.59 Å². The Kier molecular flexibility index (Phi) is 5.62. The Hall–Kier alpha value is -3.13. The molecule has 2 aromatic rings. The lowest BCUT2D eigenvalue weighted by atomic mass is 9.78. The van der Waals surface area contributed by atoms with Crippen LogP contribution in [0.4, 0.5) is 5.69 Å². The minimum absolute atomic E-state index is 0.0658. The number of anilines is 1. The van der Waals surface area contributed by atoms with E-state index >= 15 is 0 Å². The van der Waals surface area contributed by atoms with E-state index in [0.717, 1.165) is 19.4 Å². The molecule has 2 amide bonds. The highest BCUT2D eigenvalue weighted by atomic mass is 16.2. The number of nitrogens with zero attached hydrogens (tertiary/aromatic N) is 2. The van der Waals surface area contributed by atoms with Crippen LogP contribution < -0.4 is 5.32 Å². The number of likely N-dealkylation sites (tertiary alicyclic amines) is 1. The number of fused-ring (bicyclic) bond motifs is 1. The van der Waals surface area contributed by atoms with Crippen molar-refractivity contribution in [1.82, 2.24) is 4.90 Å². The van der Waals surface area contributed by atoms with Crippen molar-refractivity contribution < 1.29 is 9.59 Å². The van der Waals surface area contributed by atoms with Gasteiger partial charge < -0.3 is 10.2 Å². The predicted octanol–water partition coefficient (Wildman–Crippen LogP) is 4.61. The van der Waals surface area contributed by atoms with Gasteiger partial charge in [-0.3, -0.25) is 9.59 Å². The van der Waals surface area contributed by atoms with Gasteiger partial charge in [0.15, 0.2) is 0 Å². The summed E-state index contributed by atoms with van der Waals surface area (Å²) in [7, 11) is 0. The Balaban J connectivity index is 1.48. The van der Waals surface area contributed by atoms with E-state index in [1.165, 1.54) is 25.7 Å².